The summed E-state index contributed by atoms with van der Waals surface area (Å²) in [6.07, 6.45) is 5.55. The number of benzene rings is 1. The number of rotatable bonds is 1. The summed E-state index contributed by atoms with van der Waals surface area (Å²) in [6.45, 7) is 0.521. The number of fused-ring (bicyclic) bond motifs is 3. The van der Waals surface area contributed by atoms with Crippen molar-refractivity contribution >= 4 is 0 Å². The highest BCUT2D eigenvalue weighted by Crippen LogP contribution is 2.59. The molecule has 1 aromatic carbocycles. The SMILES string of the molecule is O=c1n(-c2ccccc2)c(=O)n2n1CC=C1[C@H]3[C@@H]1CCC[C@H]32. The number of para-hydroxylation sites is 1. The average molecular weight is 295 g/mol. The van der Waals surface area contributed by atoms with Crippen molar-refractivity contribution < 1.29 is 0 Å². The fourth-order valence-corrected chi connectivity index (χ4v) is 4.46. The normalized spacial score (nSPS) is 28.4. The second-order valence-corrected chi connectivity index (χ2v) is 6.50. The zero-order chi connectivity index (χ0) is 14.8. The molecule has 3 atom stereocenters. The maximum absolute atomic E-state index is 12.9. The van der Waals surface area contributed by atoms with E-state index in [9.17, 15) is 9.59 Å². The molecular formula is C17H17N3O2. The van der Waals surface area contributed by atoms with Crippen molar-refractivity contribution in [2.75, 3.05) is 0 Å². The van der Waals surface area contributed by atoms with Crippen molar-refractivity contribution in [3.8, 4) is 5.69 Å². The van der Waals surface area contributed by atoms with Crippen LogP contribution >= 0.6 is 0 Å². The third-order valence-electron chi connectivity index (χ3n) is 5.45. The van der Waals surface area contributed by atoms with Gasteiger partial charge in [0.25, 0.3) is 0 Å². The Morgan fingerprint density at radius 1 is 1.00 bits per heavy atom. The van der Waals surface area contributed by atoms with E-state index in [4.69, 9.17) is 0 Å². The quantitative estimate of drug-likeness (QED) is 0.752. The predicted octanol–water partition coefficient (Wildman–Crippen LogP) is 1.71. The molecule has 5 heteroatoms. The van der Waals surface area contributed by atoms with E-state index < -0.39 is 0 Å². The van der Waals surface area contributed by atoms with Gasteiger partial charge in [0.05, 0.1) is 18.3 Å². The molecule has 1 aromatic heterocycles. The molecule has 0 spiro atoms. The van der Waals surface area contributed by atoms with Gasteiger partial charge < -0.3 is 0 Å². The molecule has 22 heavy (non-hydrogen) atoms. The van der Waals surface area contributed by atoms with Crippen LogP contribution in [0.1, 0.15) is 25.3 Å². The van der Waals surface area contributed by atoms with Gasteiger partial charge in [-0.1, -0.05) is 36.3 Å². The number of hydrogen-bond acceptors (Lipinski definition) is 2. The van der Waals surface area contributed by atoms with Crippen LogP contribution in [0.2, 0.25) is 0 Å². The molecule has 1 aliphatic heterocycles. The van der Waals surface area contributed by atoms with Crippen molar-refractivity contribution in [2.24, 2.45) is 11.8 Å². The second-order valence-electron chi connectivity index (χ2n) is 6.50. The number of nitrogens with zero attached hydrogens (tertiary/aromatic N) is 3. The van der Waals surface area contributed by atoms with E-state index in [0.29, 0.717) is 24.1 Å². The van der Waals surface area contributed by atoms with Gasteiger partial charge in [0, 0.05) is 5.92 Å². The minimum absolute atomic E-state index is 0.165. The molecule has 2 aromatic rings. The van der Waals surface area contributed by atoms with Crippen LogP contribution in [-0.4, -0.2) is 13.9 Å². The highest BCUT2D eigenvalue weighted by molar-refractivity contribution is 5.35. The lowest BCUT2D eigenvalue weighted by Gasteiger charge is -2.22. The van der Waals surface area contributed by atoms with Crippen LogP contribution in [0.15, 0.2) is 51.6 Å². The summed E-state index contributed by atoms with van der Waals surface area (Å²) in [5.74, 6) is 1.15. The average Bonchev–Trinajstić information content (AvgIpc) is 3.23. The van der Waals surface area contributed by atoms with Crippen LogP contribution in [0.25, 0.3) is 5.69 Å². The predicted molar refractivity (Wildman–Crippen MR) is 82.2 cm³/mol. The van der Waals surface area contributed by atoms with E-state index in [0.717, 1.165) is 12.8 Å². The fraction of sp³-hybridized carbons (Fsp3) is 0.412. The summed E-state index contributed by atoms with van der Waals surface area (Å²) < 4.78 is 4.68. The first-order chi connectivity index (χ1) is 10.8. The molecular weight excluding hydrogens is 278 g/mol. The molecule has 0 unspecified atom stereocenters. The zero-order valence-corrected chi connectivity index (χ0v) is 12.2. The summed E-state index contributed by atoms with van der Waals surface area (Å²) in [4.78, 5) is 25.7. The van der Waals surface area contributed by atoms with Crippen molar-refractivity contribution in [3.05, 3.63) is 62.9 Å². The molecule has 0 amide bonds. The first-order valence-electron chi connectivity index (χ1n) is 7.97. The second kappa shape index (κ2) is 4.12. The molecule has 5 nitrogen and oxygen atoms in total. The minimum atomic E-state index is -0.225. The van der Waals surface area contributed by atoms with E-state index in [1.165, 1.54) is 16.6 Å². The van der Waals surface area contributed by atoms with Crippen LogP contribution < -0.4 is 11.4 Å². The summed E-state index contributed by atoms with van der Waals surface area (Å²) in [5.41, 5.74) is 1.71. The van der Waals surface area contributed by atoms with Crippen molar-refractivity contribution in [1.82, 2.24) is 13.9 Å². The van der Waals surface area contributed by atoms with Gasteiger partial charge in [-0.05, 0) is 30.9 Å². The molecule has 2 heterocycles. The monoisotopic (exact) mass is 295 g/mol. The van der Waals surface area contributed by atoms with Gasteiger partial charge in [-0.15, -0.1) is 0 Å². The van der Waals surface area contributed by atoms with Gasteiger partial charge in [0.2, 0.25) is 0 Å². The van der Waals surface area contributed by atoms with Crippen LogP contribution in [0, 0.1) is 11.8 Å². The van der Waals surface area contributed by atoms with Crippen molar-refractivity contribution in [2.45, 2.75) is 31.8 Å². The summed E-state index contributed by atoms with van der Waals surface area (Å²) in [7, 11) is 0. The standard InChI is InChI=1S/C17H17N3O2/c21-16-18-10-9-13-12-7-4-8-14(15(12)13)20(18)17(22)19(16)11-5-2-1-3-6-11/h1-3,5-6,9,12,14-15H,4,7-8,10H2/t12-,14-,15-/m1/s1. The lowest BCUT2D eigenvalue weighted by molar-refractivity contribution is 0.272. The van der Waals surface area contributed by atoms with Crippen molar-refractivity contribution in [3.63, 3.8) is 0 Å². The van der Waals surface area contributed by atoms with Gasteiger partial charge in [-0.2, -0.15) is 0 Å². The zero-order valence-electron chi connectivity index (χ0n) is 12.2. The molecule has 2 saturated carbocycles. The van der Waals surface area contributed by atoms with Crippen LogP contribution in [0.5, 0.6) is 0 Å². The molecule has 2 fully saturated rings. The van der Waals surface area contributed by atoms with Crippen LogP contribution in [-0.2, 0) is 6.54 Å². The van der Waals surface area contributed by atoms with Gasteiger partial charge in [-0.3, -0.25) is 0 Å². The third-order valence-corrected chi connectivity index (χ3v) is 5.45. The fourth-order valence-electron chi connectivity index (χ4n) is 4.46. The summed E-state index contributed by atoms with van der Waals surface area (Å²) in [5, 5.41) is 0. The Morgan fingerprint density at radius 3 is 2.64 bits per heavy atom. The molecule has 0 radical (unpaired) electrons. The summed E-state index contributed by atoms with van der Waals surface area (Å²) >= 11 is 0. The molecule has 3 aliphatic rings. The molecule has 0 saturated heterocycles. The van der Waals surface area contributed by atoms with Gasteiger partial charge in [0.15, 0.2) is 0 Å². The van der Waals surface area contributed by atoms with E-state index >= 15 is 0 Å². The molecule has 112 valence electrons. The Kier molecular flexibility index (Phi) is 2.30. The molecule has 5 rings (SSSR count). The Bertz CT molecular complexity index is 900. The number of hydrogen-bond donors (Lipinski definition) is 0. The van der Waals surface area contributed by atoms with Gasteiger partial charge >= 0.3 is 11.4 Å². The first kappa shape index (κ1) is 12.3. The number of allylic oxidation sites excluding steroid dienone is 2. The maximum atomic E-state index is 12.9. The largest absolute Gasteiger partial charge is 0.352 e. The number of aromatic nitrogens is 3. The lowest BCUT2D eigenvalue weighted by atomic mass is 9.96. The smallest absolute Gasteiger partial charge is 0.245 e. The maximum Gasteiger partial charge on any atom is 0.352 e. The minimum Gasteiger partial charge on any atom is -0.245 e. The lowest BCUT2D eigenvalue weighted by Crippen LogP contribution is -2.32. The van der Waals surface area contributed by atoms with E-state index in [1.54, 1.807) is 9.36 Å². The molecule has 2 aliphatic carbocycles. The Balaban J connectivity index is 1.76. The van der Waals surface area contributed by atoms with Crippen molar-refractivity contribution in [1.29, 1.82) is 0 Å². The van der Waals surface area contributed by atoms with Gasteiger partial charge in [0.1, 0.15) is 0 Å². The van der Waals surface area contributed by atoms with Gasteiger partial charge in [-0.25, -0.2) is 23.5 Å². The first-order valence-corrected chi connectivity index (χ1v) is 7.97. The van der Waals surface area contributed by atoms with Crippen LogP contribution in [0.4, 0.5) is 0 Å². The van der Waals surface area contributed by atoms with E-state index in [1.807, 2.05) is 30.3 Å². The van der Waals surface area contributed by atoms with E-state index in [2.05, 4.69) is 6.08 Å². The van der Waals surface area contributed by atoms with E-state index in [-0.39, 0.29) is 17.4 Å². The third kappa shape index (κ3) is 1.43. The Hall–Kier alpha value is -2.30. The van der Waals surface area contributed by atoms with Crippen LogP contribution in [0.3, 0.4) is 0 Å². The highest BCUT2D eigenvalue weighted by Gasteiger charge is 2.53. The summed E-state index contributed by atoms with van der Waals surface area (Å²) in [6, 6.07) is 9.38. The topological polar surface area (TPSA) is 48.9 Å². The Labute approximate surface area is 127 Å². The Morgan fingerprint density at radius 2 is 1.82 bits per heavy atom. The molecule has 0 N–H and O–H groups in total. The molecule has 0 bridgehead atoms. The highest BCUT2D eigenvalue weighted by atomic mass is 16.2.